The highest BCUT2D eigenvalue weighted by atomic mass is 79.9. The Bertz CT molecular complexity index is 379. The van der Waals surface area contributed by atoms with Gasteiger partial charge in [-0.2, -0.15) is 0 Å². The van der Waals surface area contributed by atoms with E-state index in [9.17, 15) is 9.18 Å². The molecule has 1 aromatic carbocycles. The van der Waals surface area contributed by atoms with E-state index in [1.165, 1.54) is 26.4 Å². The van der Waals surface area contributed by atoms with Crippen LogP contribution in [0.25, 0.3) is 0 Å². The summed E-state index contributed by atoms with van der Waals surface area (Å²) in [7, 11) is 2.73. The van der Waals surface area contributed by atoms with Crippen LogP contribution in [-0.2, 0) is 16.1 Å². The van der Waals surface area contributed by atoms with E-state index in [-0.39, 0.29) is 5.56 Å². The van der Waals surface area contributed by atoms with Gasteiger partial charge in [0.05, 0.1) is 19.3 Å². The van der Waals surface area contributed by atoms with E-state index in [2.05, 4.69) is 20.7 Å². The number of hydrogen-bond acceptors (Lipinski definition) is 3. The zero-order valence-corrected chi connectivity index (χ0v) is 9.93. The molecule has 1 rings (SSSR count). The van der Waals surface area contributed by atoms with Gasteiger partial charge in [0.2, 0.25) is 0 Å². The van der Waals surface area contributed by atoms with Gasteiger partial charge in [-0.05, 0) is 17.7 Å². The summed E-state index contributed by atoms with van der Waals surface area (Å²) in [6.45, 7) is 0.296. The third kappa shape index (κ3) is 2.76. The average Bonchev–Trinajstić information content (AvgIpc) is 2.21. The van der Waals surface area contributed by atoms with Crippen molar-refractivity contribution in [2.45, 2.75) is 6.61 Å². The van der Waals surface area contributed by atoms with E-state index >= 15 is 0 Å². The summed E-state index contributed by atoms with van der Waals surface area (Å²) in [6.07, 6.45) is 0. The SMILES string of the molecule is COCc1cc(C(=O)OC)c(F)cc1Br. The standard InChI is InChI=1S/C10H10BrFO3/c1-14-5-6-3-7(10(13)15-2)9(12)4-8(6)11/h3-4H,5H2,1-2H3. The first-order chi connectivity index (χ1) is 7.10. The van der Waals surface area contributed by atoms with E-state index in [1.807, 2.05) is 0 Å². The predicted molar refractivity (Wildman–Crippen MR) is 56.2 cm³/mol. The largest absolute Gasteiger partial charge is 0.465 e. The van der Waals surface area contributed by atoms with Crippen molar-refractivity contribution in [1.82, 2.24) is 0 Å². The molecule has 0 spiro atoms. The maximum Gasteiger partial charge on any atom is 0.340 e. The van der Waals surface area contributed by atoms with Gasteiger partial charge in [-0.25, -0.2) is 9.18 Å². The molecule has 0 radical (unpaired) electrons. The van der Waals surface area contributed by atoms with Gasteiger partial charge in [-0.1, -0.05) is 15.9 Å². The number of benzene rings is 1. The third-order valence-corrected chi connectivity index (χ3v) is 2.58. The third-order valence-electron chi connectivity index (χ3n) is 1.84. The Labute approximate surface area is 95.3 Å². The molecule has 0 unspecified atom stereocenters. The number of carbonyl (C=O) groups excluding carboxylic acids is 1. The topological polar surface area (TPSA) is 35.5 Å². The van der Waals surface area contributed by atoms with Gasteiger partial charge in [-0.15, -0.1) is 0 Å². The maximum atomic E-state index is 13.3. The molecule has 3 nitrogen and oxygen atoms in total. The van der Waals surface area contributed by atoms with Crippen molar-refractivity contribution in [2.24, 2.45) is 0 Å². The van der Waals surface area contributed by atoms with E-state index in [0.29, 0.717) is 16.6 Å². The maximum absolute atomic E-state index is 13.3. The molecule has 0 aliphatic carbocycles. The number of halogens is 2. The molecule has 0 amide bonds. The van der Waals surface area contributed by atoms with Gasteiger partial charge in [-0.3, -0.25) is 0 Å². The van der Waals surface area contributed by atoms with E-state index < -0.39 is 11.8 Å². The zero-order chi connectivity index (χ0) is 11.4. The van der Waals surface area contributed by atoms with Crippen molar-refractivity contribution < 1.29 is 18.7 Å². The molecule has 0 N–H and O–H groups in total. The first-order valence-electron chi connectivity index (χ1n) is 4.15. The minimum absolute atomic E-state index is 0.0900. The predicted octanol–water partition coefficient (Wildman–Crippen LogP) is 2.52. The van der Waals surface area contributed by atoms with Crippen LogP contribution in [-0.4, -0.2) is 20.2 Å². The molecular formula is C10H10BrFO3. The molecule has 0 fully saturated rings. The fourth-order valence-corrected chi connectivity index (χ4v) is 1.56. The van der Waals surface area contributed by atoms with Crippen LogP contribution in [0, 0.1) is 5.82 Å². The zero-order valence-electron chi connectivity index (χ0n) is 8.34. The lowest BCUT2D eigenvalue weighted by Crippen LogP contribution is -2.06. The van der Waals surface area contributed by atoms with Crippen LogP contribution in [0.15, 0.2) is 16.6 Å². The van der Waals surface area contributed by atoms with Crippen LogP contribution in [0.5, 0.6) is 0 Å². The lowest BCUT2D eigenvalue weighted by atomic mass is 10.1. The van der Waals surface area contributed by atoms with Gasteiger partial charge in [0, 0.05) is 11.6 Å². The Hall–Kier alpha value is -0.940. The summed E-state index contributed by atoms with van der Waals surface area (Å²) in [5.41, 5.74) is 0.604. The smallest absolute Gasteiger partial charge is 0.340 e. The second kappa shape index (κ2) is 5.23. The molecule has 0 atom stereocenters. The Kier molecular flexibility index (Phi) is 4.23. The highest BCUT2D eigenvalue weighted by Gasteiger charge is 2.15. The lowest BCUT2D eigenvalue weighted by Gasteiger charge is -2.07. The van der Waals surface area contributed by atoms with Gasteiger partial charge in [0.15, 0.2) is 0 Å². The molecule has 0 heterocycles. The number of esters is 1. The second-order valence-corrected chi connectivity index (χ2v) is 3.70. The molecule has 0 aromatic heterocycles. The quantitative estimate of drug-likeness (QED) is 0.796. The summed E-state index contributed by atoms with van der Waals surface area (Å²) < 4.78 is 23.3. The minimum atomic E-state index is -0.697. The summed E-state index contributed by atoms with van der Waals surface area (Å²) in [5, 5.41) is 0. The molecule has 1 aromatic rings. The van der Waals surface area contributed by atoms with Gasteiger partial charge in [0.25, 0.3) is 0 Å². The highest BCUT2D eigenvalue weighted by Crippen LogP contribution is 2.22. The first-order valence-corrected chi connectivity index (χ1v) is 4.94. The number of hydrogen-bond donors (Lipinski definition) is 0. The lowest BCUT2D eigenvalue weighted by molar-refractivity contribution is 0.0595. The Morgan fingerprint density at radius 2 is 2.13 bits per heavy atom. The van der Waals surface area contributed by atoms with Gasteiger partial charge < -0.3 is 9.47 Å². The van der Waals surface area contributed by atoms with Crippen LogP contribution in [0.2, 0.25) is 0 Å². The minimum Gasteiger partial charge on any atom is -0.465 e. The van der Waals surface area contributed by atoms with Crippen LogP contribution in [0.3, 0.4) is 0 Å². The van der Waals surface area contributed by atoms with E-state index in [1.54, 1.807) is 0 Å². The second-order valence-electron chi connectivity index (χ2n) is 2.85. The molecule has 0 aliphatic rings. The molecule has 0 bridgehead atoms. The molecule has 0 saturated heterocycles. The fraction of sp³-hybridized carbons (Fsp3) is 0.300. The van der Waals surface area contributed by atoms with E-state index in [4.69, 9.17) is 4.74 Å². The Morgan fingerprint density at radius 3 is 2.67 bits per heavy atom. The van der Waals surface area contributed by atoms with E-state index in [0.717, 1.165) is 0 Å². The molecular weight excluding hydrogens is 267 g/mol. The monoisotopic (exact) mass is 276 g/mol. The first kappa shape index (κ1) is 12.1. The van der Waals surface area contributed by atoms with Gasteiger partial charge >= 0.3 is 5.97 Å². The van der Waals surface area contributed by atoms with Crippen LogP contribution in [0.4, 0.5) is 4.39 Å². The van der Waals surface area contributed by atoms with Crippen molar-refractivity contribution in [3.63, 3.8) is 0 Å². The molecule has 0 saturated carbocycles. The molecule has 0 aliphatic heterocycles. The van der Waals surface area contributed by atoms with Crippen molar-refractivity contribution >= 4 is 21.9 Å². The van der Waals surface area contributed by atoms with Gasteiger partial charge in [0.1, 0.15) is 5.82 Å². The van der Waals surface area contributed by atoms with Crippen LogP contribution >= 0.6 is 15.9 Å². The highest BCUT2D eigenvalue weighted by molar-refractivity contribution is 9.10. The average molecular weight is 277 g/mol. The summed E-state index contributed by atoms with van der Waals surface area (Å²) >= 11 is 3.18. The molecule has 82 valence electrons. The number of ether oxygens (including phenoxy) is 2. The van der Waals surface area contributed by atoms with Crippen LogP contribution in [0.1, 0.15) is 15.9 Å². The summed E-state index contributed by atoms with van der Waals surface area (Å²) in [4.78, 5) is 11.2. The van der Waals surface area contributed by atoms with Crippen molar-refractivity contribution in [2.75, 3.05) is 14.2 Å². The number of methoxy groups -OCH3 is 2. The number of carbonyl (C=O) groups is 1. The summed E-state index contributed by atoms with van der Waals surface area (Å²) in [6, 6.07) is 2.63. The normalized spacial score (nSPS) is 10.1. The van der Waals surface area contributed by atoms with Crippen LogP contribution < -0.4 is 0 Å². The number of rotatable bonds is 3. The Morgan fingerprint density at radius 1 is 1.47 bits per heavy atom. The molecule has 5 heteroatoms. The Balaban J connectivity index is 3.17. The van der Waals surface area contributed by atoms with Crippen molar-refractivity contribution in [1.29, 1.82) is 0 Å². The fourth-order valence-electron chi connectivity index (χ4n) is 1.13. The molecule has 15 heavy (non-hydrogen) atoms. The van der Waals surface area contributed by atoms with Crippen molar-refractivity contribution in [3.8, 4) is 0 Å². The summed E-state index contributed by atoms with van der Waals surface area (Å²) in [5.74, 6) is -1.31. The van der Waals surface area contributed by atoms with Crippen molar-refractivity contribution in [3.05, 3.63) is 33.5 Å².